The molecule has 4 rings (SSSR count). The highest BCUT2D eigenvalue weighted by atomic mass is 35.5. The van der Waals surface area contributed by atoms with Crippen molar-refractivity contribution in [2.75, 3.05) is 5.75 Å². The largest absolute Gasteiger partial charge is 0.352 e. The van der Waals surface area contributed by atoms with Gasteiger partial charge in [-0.1, -0.05) is 91.0 Å². The number of rotatable bonds is 11. The van der Waals surface area contributed by atoms with Gasteiger partial charge in [0.15, 0.2) is 0 Å². The molecule has 3 aromatic rings. The molecule has 3 aromatic carbocycles. The minimum Gasteiger partial charge on any atom is -0.352 e. The van der Waals surface area contributed by atoms with Crippen molar-refractivity contribution < 1.29 is 9.59 Å². The Morgan fingerprint density at radius 3 is 2.29 bits per heavy atom. The molecule has 2 amide bonds. The molecule has 0 bridgehead atoms. The fourth-order valence-electron chi connectivity index (χ4n) is 4.92. The van der Waals surface area contributed by atoms with Crippen LogP contribution < -0.4 is 5.32 Å². The molecule has 6 heteroatoms. The van der Waals surface area contributed by atoms with Crippen molar-refractivity contribution in [2.24, 2.45) is 0 Å². The van der Waals surface area contributed by atoms with Crippen LogP contribution in [0.25, 0.3) is 0 Å². The van der Waals surface area contributed by atoms with E-state index < -0.39 is 6.04 Å². The van der Waals surface area contributed by atoms with Crippen molar-refractivity contribution in [2.45, 2.75) is 75.4 Å². The van der Waals surface area contributed by atoms with Crippen molar-refractivity contribution in [1.82, 2.24) is 10.2 Å². The van der Waals surface area contributed by atoms with Crippen molar-refractivity contribution in [3.63, 3.8) is 0 Å². The topological polar surface area (TPSA) is 49.4 Å². The maximum atomic E-state index is 13.8. The number of carbonyl (C=O) groups excluding carboxylic acids is 2. The Hall–Kier alpha value is -2.76. The Bertz CT molecular complexity index is 1160. The van der Waals surface area contributed by atoms with Gasteiger partial charge in [-0.15, -0.1) is 11.8 Å². The van der Waals surface area contributed by atoms with Crippen LogP contribution in [-0.4, -0.2) is 34.6 Å². The molecule has 38 heavy (non-hydrogen) atoms. The zero-order valence-corrected chi connectivity index (χ0v) is 23.6. The summed E-state index contributed by atoms with van der Waals surface area (Å²) >= 11 is 7.65. The lowest BCUT2D eigenvalue weighted by Crippen LogP contribution is -2.52. The van der Waals surface area contributed by atoms with E-state index in [1.54, 1.807) is 16.7 Å². The molecule has 0 unspecified atom stereocenters. The summed E-state index contributed by atoms with van der Waals surface area (Å²) < 4.78 is 0. The van der Waals surface area contributed by atoms with Gasteiger partial charge in [-0.05, 0) is 55.2 Å². The number of hydrogen-bond donors (Lipinski definition) is 1. The molecule has 0 heterocycles. The summed E-state index contributed by atoms with van der Waals surface area (Å²) in [5.41, 5.74) is 3.24. The van der Waals surface area contributed by atoms with Gasteiger partial charge < -0.3 is 10.2 Å². The molecule has 1 fully saturated rings. The third-order valence-electron chi connectivity index (χ3n) is 7.09. The lowest BCUT2D eigenvalue weighted by atomic mass is 9.94. The molecule has 0 radical (unpaired) electrons. The van der Waals surface area contributed by atoms with Crippen LogP contribution in [0.4, 0.5) is 0 Å². The summed E-state index contributed by atoms with van der Waals surface area (Å²) in [4.78, 5) is 30.5. The fraction of sp³-hybridized carbons (Fsp3) is 0.375. The van der Waals surface area contributed by atoms with Gasteiger partial charge in [0.2, 0.25) is 11.8 Å². The van der Waals surface area contributed by atoms with Gasteiger partial charge in [0.05, 0.1) is 0 Å². The van der Waals surface area contributed by atoms with Gasteiger partial charge in [-0.2, -0.15) is 0 Å². The zero-order chi connectivity index (χ0) is 26.7. The van der Waals surface area contributed by atoms with Crippen LogP contribution in [0.2, 0.25) is 5.02 Å². The number of nitrogens with one attached hydrogen (secondary N) is 1. The molecule has 1 saturated carbocycles. The monoisotopic (exact) mass is 548 g/mol. The quantitative estimate of drug-likeness (QED) is 0.257. The normalized spacial score (nSPS) is 14.6. The molecule has 0 aliphatic heterocycles. The van der Waals surface area contributed by atoms with Crippen molar-refractivity contribution in [3.8, 4) is 0 Å². The summed E-state index contributed by atoms with van der Waals surface area (Å²) in [6.07, 6.45) is 6.36. The highest BCUT2D eigenvalue weighted by Crippen LogP contribution is 2.23. The van der Waals surface area contributed by atoms with E-state index in [2.05, 4.69) is 36.5 Å². The predicted molar refractivity (Wildman–Crippen MR) is 157 cm³/mol. The molecular formula is C32H37ClN2O2S. The molecule has 4 nitrogen and oxygen atoms in total. The second kappa shape index (κ2) is 14.4. The lowest BCUT2D eigenvalue weighted by Gasteiger charge is -2.33. The molecule has 0 saturated heterocycles. The van der Waals surface area contributed by atoms with Crippen LogP contribution in [0.1, 0.15) is 55.2 Å². The predicted octanol–water partition coefficient (Wildman–Crippen LogP) is 7.22. The minimum absolute atomic E-state index is 0.00763. The third-order valence-corrected chi connectivity index (χ3v) is 8.36. The van der Waals surface area contributed by atoms with Gasteiger partial charge in [-0.3, -0.25) is 9.59 Å². The van der Waals surface area contributed by atoms with E-state index in [4.69, 9.17) is 11.6 Å². The van der Waals surface area contributed by atoms with E-state index in [1.165, 1.54) is 12.0 Å². The van der Waals surface area contributed by atoms with E-state index in [1.807, 2.05) is 54.6 Å². The zero-order valence-electron chi connectivity index (χ0n) is 22.1. The molecule has 1 atom stereocenters. The Labute approximate surface area is 236 Å². The fourth-order valence-corrected chi connectivity index (χ4v) is 5.89. The van der Waals surface area contributed by atoms with Gasteiger partial charge in [-0.25, -0.2) is 0 Å². The lowest BCUT2D eigenvalue weighted by molar-refractivity contribution is -0.141. The first kappa shape index (κ1) is 28.3. The average molecular weight is 549 g/mol. The Kier molecular flexibility index (Phi) is 10.7. The Balaban J connectivity index is 1.55. The van der Waals surface area contributed by atoms with E-state index >= 15 is 0 Å². The Morgan fingerprint density at radius 1 is 0.921 bits per heavy atom. The minimum atomic E-state index is -0.575. The summed E-state index contributed by atoms with van der Waals surface area (Å²) in [6.45, 7) is 2.46. The van der Waals surface area contributed by atoms with Crippen LogP contribution >= 0.6 is 23.4 Å². The summed E-state index contributed by atoms with van der Waals surface area (Å²) in [5.74, 6) is 0.575. The summed E-state index contributed by atoms with van der Waals surface area (Å²) in [5, 5.41) is 4.00. The number of hydrogen-bond acceptors (Lipinski definition) is 3. The standard InChI is InChI=1S/C32H37ClN2O2S/c1-24-12-14-26(15-13-24)23-35(31(36)20-21-38-29-18-16-27(33)17-19-29)30(22-25-8-4-2-5-9-25)32(37)34-28-10-6-3-7-11-28/h2,4-5,8-9,12-19,28,30H,3,6-7,10-11,20-23H2,1H3,(H,34,37)/t30-/m1/s1. The van der Waals surface area contributed by atoms with Crippen LogP contribution in [0.15, 0.2) is 83.8 Å². The van der Waals surface area contributed by atoms with E-state index in [0.717, 1.165) is 41.7 Å². The Morgan fingerprint density at radius 2 is 1.61 bits per heavy atom. The number of halogens is 1. The van der Waals surface area contributed by atoms with Crippen LogP contribution in [0, 0.1) is 6.92 Å². The van der Waals surface area contributed by atoms with Gasteiger partial charge >= 0.3 is 0 Å². The van der Waals surface area contributed by atoms with Crippen LogP contribution in [0.5, 0.6) is 0 Å². The van der Waals surface area contributed by atoms with Crippen LogP contribution in [0.3, 0.4) is 0 Å². The highest BCUT2D eigenvalue weighted by Gasteiger charge is 2.31. The summed E-state index contributed by atoms with van der Waals surface area (Å²) in [7, 11) is 0. The second-order valence-electron chi connectivity index (χ2n) is 10.1. The van der Waals surface area contributed by atoms with Crippen molar-refractivity contribution in [1.29, 1.82) is 0 Å². The van der Waals surface area contributed by atoms with Gasteiger partial charge in [0.25, 0.3) is 0 Å². The number of aryl methyl sites for hydroxylation is 1. The van der Waals surface area contributed by atoms with Crippen LogP contribution in [-0.2, 0) is 22.6 Å². The molecule has 1 aliphatic rings. The van der Waals surface area contributed by atoms with Crippen molar-refractivity contribution in [3.05, 3.63) is 101 Å². The van der Waals surface area contributed by atoms with E-state index in [0.29, 0.717) is 30.2 Å². The molecule has 1 aliphatic carbocycles. The van der Waals surface area contributed by atoms with Gasteiger partial charge in [0, 0.05) is 41.1 Å². The maximum Gasteiger partial charge on any atom is 0.243 e. The SMILES string of the molecule is Cc1ccc(CN(C(=O)CCSc2ccc(Cl)cc2)[C@H](Cc2ccccc2)C(=O)NC2CCCCC2)cc1. The first-order valence-corrected chi connectivity index (χ1v) is 14.9. The van der Waals surface area contributed by atoms with Gasteiger partial charge in [0.1, 0.15) is 6.04 Å². The second-order valence-corrected chi connectivity index (χ2v) is 11.7. The smallest absolute Gasteiger partial charge is 0.243 e. The third kappa shape index (κ3) is 8.64. The van der Waals surface area contributed by atoms with E-state index in [9.17, 15) is 9.59 Å². The number of benzene rings is 3. The molecule has 1 N–H and O–H groups in total. The molecule has 0 spiro atoms. The number of thioether (sulfide) groups is 1. The highest BCUT2D eigenvalue weighted by molar-refractivity contribution is 7.99. The number of carbonyl (C=O) groups is 2. The summed E-state index contributed by atoms with van der Waals surface area (Å²) in [6, 6.07) is 25.5. The molecule has 0 aromatic heterocycles. The molecule has 200 valence electrons. The molecular weight excluding hydrogens is 512 g/mol. The number of amides is 2. The first-order valence-electron chi connectivity index (χ1n) is 13.6. The van der Waals surface area contributed by atoms with E-state index in [-0.39, 0.29) is 17.9 Å². The average Bonchev–Trinajstić information content (AvgIpc) is 2.94. The maximum absolute atomic E-state index is 13.8. The van der Waals surface area contributed by atoms with Crippen molar-refractivity contribution >= 4 is 35.2 Å². The first-order chi connectivity index (χ1) is 18.5. The number of nitrogens with zero attached hydrogens (tertiary/aromatic N) is 1.